The summed E-state index contributed by atoms with van der Waals surface area (Å²) in [6.45, 7) is 2.94. The third kappa shape index (κ3) is 3.64. The van der Waals surface area contributed by atoms with E-state index < -0.39 is 0 Å². The van der Waals surface area contributed by atoms with Gasteiger partial charge in [-0.1, -0.05) is 19.1 Å². The molecule has 0 radical (unpaired) electrons. The Kier molecular flexibility index (Phi) is 4.95. The molecule has 3 nitrogen and oxygen atoms in total. The highest BCUT2D eigenvalue weighted by Crippen LogP contribution is 2.32. The number of fused-ring (bicyclic) bond motifs is 1. The van der Waals surface area contributed by atoms with E-state index in [0.717, 1.165) is 29.2 Å². The highest BCUT2D eigenvalue weighted by atomic mass is 32.1. The van der Waals surface area contributed by atoms with Crippen molar-refractivity contribution in [1.82, 2.24) is 4.90 Å². The topological polar surface area (TPSA) is 23.6 Å². The van der Waals surface area contributed by atoms with E-state index in [4.69, 9.17) is 0 Å². The predicted molar refractivity (Wildman–Crippen MR) is 102 cm³/mol. The second kappa shape index (κ2) is 6.98. The van der Waals surface area contributed by atoms with Gasteiger partial charge in [-0.3, -0.25) is 4.79 Å². The molecule has 3 rings (SSSR count). The number of hydrogen-bond donors (Lipinski definition) is 0. The van der Waals surface area contributed by atoms with E-state index >= 15 is 0 Å². The van der Waals surface area contributed by atoms with Gasteiger partial charge in [-0.15, -0.1) is 11.3 Å². The zero-order valence-corrected chi connectivity index (χ0v) is 15.8. The lowest BCUT2D eigenvalue weighted by Crippen LogP contribution is -2.25. The van der Waals surface area contributed by atoms with Crippen molar-refractivity contribution in [2.45, 2.75) is 32.7 Å². The van der Waals surface area contributed by atoms with E-state index in [-0.39, 0.29) is 5.91 Å². The molecular weight excluding hydrogens is 316 g/mol. The van der Waals surface area contributed by atoms with E-state index in [9.17, 15) is 4.79 Å². The Morgan fingerprint density at radius 3 is 2.58 bits per heavy atom. The fourth-order valence-electron chi connectivity index (χ4n) is 3.24. The van der Waals surface area contributed by atoms with Gasteiger partial charge in [-0.2, -0.15) is 0 Å². The van der Waals surface area contributed by atoms with Crippen LogP contribution in [0.3, 0.4) is 0 Å². The van der Waals surface area contributed by atoms with Crippen LogP contribution in [0.4, 0.5) is 5.69 Å². The molecule has 1 atom stereocenters. The average Bonchev–Trinajstić information content (AvgIpc) is 2.97. The van der Waals surface area contributed by atoms with Crippen molar-refractivity contribution in [2.24, 2.45) is 5.92 Å². The molecule has 1 aliphatic rings. The molecule has 4 heteroatoms. The second-order valence-corrected chi connectivity index (χ2v) is 8.27. The summed E-state index contributed by atoms with van der Waals surface area (Å²) < 4.78 is 0. The molecule has 1 aromatic heterocycles. The SMILES string of the molecule is C[C@@H]1CCc2sc(C(=O)N(C)Cc3ccc(N(C)C)cc3)cc2C1. The lowest BCUT2D eigenvalue weighted by Gasteiger charge is -2.17. The number of carbonyl (C=O) groups excluding carboxylic acids is 1. The normalized spacial score (nSPS) is 16.6. The van der Waals surface area contributed by atoms with Crippen LogP contribution in [0.15, 0.2) is 30.3 Å². The molecule has 0 unspecified atom stereocenters. The number of aryl methyl sites for hydroxylation is 1. The standard InChI is InChI=1S/C20H26N2OS/c1-14-5-10-18-16(11-14)12-19(24-18)20(23)22(4)13-15-6-8-17(9-7-15)21(2)3/h6-9,12,14H,5,10-11,13H2,1-4H3/t14-/m1/s1. The maximum absolute atomic E-state index is 12.8. The zero-order chi connectivity index (χ0) is 17.3. The minimum Gasteiger partial charge on any atom is -0.378 e. The second-order valence-electron chi connectivity index (χ2n) is 7.13. The molecule has 24 heavy (non-hydrogen) atoms. The third-order valence-electron chi connectivity index (χ3n) is 4.76. The maximum Gasteiger partial charge on any atom is 0.263 e. The zero-order valence-electron chi connectivity index (χ0n) is 15.0. The van der Waals surface area contributed by atoms with E-state index in [2.05, 4.69) is 42.2 Å². The number of benzene rings is 1. The van der Waals surface area contributed by atoms with Crippen molar-refractivity contribution in [3.8, 4) is 0 Å². The van der Waals surface area contributed by atoms with Crippen LogP contribution in [0, 0.1) is 5.92 Å². The molecule has 0 bridgehead atoms. The van der Waals surface area contributed by atoms with Gasteiger partial charge in [-0.25, -0.2) is 0 Å². The fraction of sp³-hybridized carbons (Fsp3) is 0.450. The van der Waals surface area contributed by atoms with Gasteiger partial charge in [0.05, 0.1) is 4.88 Å². The molecule has 1 aromatic carbocycles. The van der Waals surface area contributed by atoms with Gasteiger partial charge < -0.3 is 9.80 Å². The van der Waals surface area contributed by atoms with Crippen LogP contribution < -0.4 is 4.90 Å². The van der Waals surface area contributed by atoms with Crippen molar-refractivity contribution >= 4 is 22.9 Å². The lowest BCUT2D eigenvalue weighted by atomic mass is 9.90. The molecule has 1 aliphatic carbocycles. The van der Waals surface area contributed by atoms with Crippen LogP contribution in [0.2, 0.25) is 0 Å². The van der Waals surface area contributed by atoms with Crippen LogP contribution in [-0.4, -0.2) is 32.0 Å². The molecule has 0 saturated heterocycles. The number of rotatable bonds is 4. The molecule has 1 amide bonds. The molecular formula is C20H26N2OS. The van der Waals surface area contributed by atoms with E-state index in [1.54, 1.807) is 11.3 Å². The Balaban J connectivity index is 1.68. The maximum atomic E-state index is 12.8. The van der Waals surface area contributed by atoms with Gasteiger partial charge in [0, 0.05) is 38.3 Å². The predicted octanol–water partition coefficient (Wildman–Crippen LogP) is 4.21. The summed E-state index contributed by atoms with van der Waals surface area (Å²) in [4.78, 5) is 19.0. The van der Waals surface area contributed by atoms with Gasteiger partial charge in [0.2, 0.25) is 0 Å². The number of anilines is 1. The van der Waals surface area contributed by atoms with Gasteiger partial charge in [-0.05, 0) is 54.5 Å². The Bertz CT molecular complexity index is 718. The number of nitrogens with zero attached hydrogens (tertiary/aromatic N) is 2. The van der Waals surface area contributed by atoms with Crippen molar-refractivity contribution < 1.29 is 4.79 Å². The van der Waals surface area contributed by atoms with Gasteiger partial charge >= 0.3 is 0 Å². The average molecular weight is 343 g/mol. The Hall–Kier alpha value is -1.81. The third-order valence-corrected chi connectivity index (χ3v) is 5.98. The van der Waals surface area contributed by atoms with Crippen LogP contribution in [0.1, 0.15) is 39.0 Å². The summed E-state index contributed by atoms with van der Waals surface area (Å²) in [7, 11) is 5.96. The van der Waals surface area contributed by atoms with Crippen molar-refractivity contribution in [3.05, 3.63) is 51.2 Å². The first-order valence-electron chi connectivity index (χ1n) is 8.57. The summed E-state index contributed by atoms with van der Waals surface area (Å²) in [5, 5.41) is 0. The first kappa shape index (κ1) is 17.0. The van der Waals surface area contributed by atoms with Gasteiger partial charge in [0.15, 0.2) is 0 Å². The van der Waals surface area contributed by atoms with Gasteiger partial charge in [0.1, 0.15) is 0 Å². The molecule has 0 saturated carbocycles. The minimum atomic E-state index is 0.138. The lowest BCUT2D eigenvalue weighted by molar-refractivity contribution is 0.0790. The Morgan fingerprint density at radius 1 is 1.21 bits per heavy atom. The molecule has 0 fully saturated rings. The summed E-state index contributed by atoms with van der Waals surface area (Å²) in [6.07, 6.45) is 3.49. The molecule has 128 valence electrons. The summed E-state index contributed by atoms with van der Waals surface area (Å²) in [5.74, 6) is 0.877. The first-order chi connectivity index (χ1) is 11.4. The quantitative estimate of drug-likeness (QED) is 0.831. The molecule has 1 heterocycles. The minimum absolute atomic E-state index is 0.138. The Morgan fingerprint density at radius 2 is 1.92 bits per heavy atom. The Labute approximate surface area is 148 Å². The summed E-state index contributed by atoms with van der Waals surface area (Å²) >= 11 is 1.69. The van der Waals surface area contributed by atoms with Crippen molar-refractivity contribution in [2.75, 3.05) is 26.0 Å². The van der Waals surface area contributed by atoms with E-state index in [0.29, 0.717) is 6.54 Å². The van der Waals surface area contributed by atoms with E-state index in [1.165, 1.54) is 22.5 Å². The monoisotopic (exact) mass is 342 g/mol. The first-order valence-corrected chi connectivity index (χ1v) is 9.39. The van der Waals surface area contributed by atoms with Crippen molar-refractivity contribution in [3.63, 3.8) is 0 Å². The smallest absolute Gasteiger partial charge is 0.263 e. The van der Waals surface area contributed by atoms with Crippen LogP contribution in [0.5, 0.6) is 0 Å². The summed E-state index contributed by atoms with van der Waals surface area (Å²) in [5.41, 5.74) is 3.73. The van der Waals surface area contributed by atoms with E-state index in [1.807, 2.05) is 26.0 Å². The molecule has 0 aliphatic heterocycles. The molecule has 2 aromatic rings. The fourth-order valence-corrected chi connectivity index (χ4v) is 4.45. The van der Waals surface area contributed by atoms with Crippen LogP contribution in [0.25, 0.3) is 0 Å². The number of thiophene rings is 1. The number of amides is 1. The summed E-state index contributed by atoms with van der Waals surface area (Å²) in [6, 6.07) is 10.5. The number of carbonyl (C=O) groups is 1. The van der Waals surface area contributed by atoms with Crippen LogP contribution >= 0.6 is 11.3 Å². The molecule has 0 spiro atoms. The highest BCUT2D eigenvalue weighted by molar-refractivity contribution is 7.14. The highest BCUT2D eigenvalue weighted by Gasteiger charge is 2.22. The molecule has 0 N–H and O–H groups in total. The number of hydrogen-bond acceptors (Lipinski definition) is 3. The van der Waals surface area contributed by atoms with Gasteiger partial charge in [0.25, 0.3) is 5.91 Å². The van der Waals surface area contributed by atoms with Crippen molar-refractivity contribution in [1.29, 1.82) is 0 Å². The van der Waals surface area contributed by atoms with Crippen LogP contribution in [-0.2, 0) is 19.4 Å². The largest absolute Gasteiger partial charge is 0.378 e.